The van der Waals surface area contributed by atoms with E-state index >= 15 is 0 Å². The monoisotopic (exact) mass is 434 g/mol. The van der Waals surface area contributed by atoms with Gasteiger partial charge in [-0.2, -0.15) is 0 Å². The van der Waals surface area contributed by atoms with Crippen LogP contribution in [0, 0.1) is 10.1 Å². The lowest BCUT2D eigenvalue weighted by atomic mass is 10.1. The van der Waals surface area contributed by atoms with Gasteiger partial charge in [-0.05, 0) is 43.5 Å². The van der Waals surface area contributed by atoms with Crippen molar-refractivity contribution in [2.24, 2.45) is 0 Å². The number of nitro benzene ring substituents is 1. The van der Waals surface area contributed by atoms with E-state index in [0.717, 1.165) is 24.3 Å². The number of piperidine rings is 1. The van der Waals surface area contributed by atoms with Crippen LogP contribution in [0.2, 0.25) is 0 Å². The Kier molecular flexibility index (Phi) is 6.57. The first kappa shape index (κ1) is 21.0. The standard InChI is InChI=1S/C23H22N4O3S/c28-22(18-5-4-6-20(15-18)27(29)30)16-31-23-12-11-21(24-25-23)17-7-9-19(10-8-17)26-13-2-1-3-14-26/h4-12,15H,1-3,13-14,16H2. The summed E-state index contributed by atoms with van der Waals surface area (Å²) in [6.45, 7) is 2.22. The number of hydrogen-bond donors (Lipinski definition) is 0. The number of hydrogen-bond acceptors (Lipinski definition) is 7. The van der Waals surface area contributed by atoms with Crippen LogP contribution >= 0.6 is 11.8 Å². The molecule has 0 amide bonds. The molecule has 0 unspecified atom stereocenters. The van der Waals surface area contributed by atoms with Crippen LogP contribution in [0.25, 0.3) is 11.3 Å². The van der Waals surface area contributed by atoms with Crippen molar-refractivity contribution >= 4 is 28.9 Å². The van der Waals surface area contributed by atoms with Crippen molar-refractivity contribution in [3.63, 3.8) is 0 Å². The van der Waals surface area contributed by atoms with E-state index in [-0.39, 0.29) is 17.2 Å². The topological polar surface area (TPSA) is 89.2 Å². The van der Waals surface area contributed by atoms with Crippen molar-refractivity contribution < 1.29 is 9.72 Å². The number of nitrogens with zero attached hydrogens (tertiary/aromatic N) is 4. The van der Waals surface area contributed by atoms with Crippen LogP contribution in [-0.4, -0.2) is 39.7 Å². The van der Waals surface area contributed by atoms with Crippen LogP contribution in [0.4, 0.5) is 11.4 Å². The maximum absolute atomic E-state index is 12.3. The number of ketones is 1. The van der Waals surface area contributed by atoms with Crippen molar-refractivity contribution in [1.29, 1.82) is 0 Å². The third-order valence-electron chi connectivity index (χ3n) is 5.25. The Balaban J connectivity index is 1.36. The zero-order chi connectivity index (χ0) is 21.6. The maximum Gasteiger partial charge on any atom is 0.270 e. The normalized spacial score (nSPS) is 13.7. The van der Waals surface area contributed by atoms with Crippen LogP contribution in [0.1, 0.15) is 29.6 Å². The molecule has 8 heteroatoms. The van der Waals surface area contributed by atoms with Gasteiger partial charge < -0.3 is 4.90 Å². The average molecular weight is 435 g/mol. The molecule has 0 spiro atoms. The highest BCUT2D eigenvalue weighted by Gasteiger charge is 2.13. The van der Waals surface area contributed by atoms with Gasteiger partial charge in [0, 0.05) is 42.0 Å². The SMILES string of the molecule is O=C(CSc1ccc(-c2ccc(N3CCCCC3)cc2)nn1)c1cccc([N+](=O)[O-])c1. The summed E-state index contributed by atoms with van der Waals surface area (Å²) in [6, 6.07) is 17.9. The molecule has 3 aromatic rings. The number of carbonyl (C=O) groups excluding carboxylic acids is 1. The van der Waals surface area contributed by atoms with Crippen molar-refractivity contribution in [3.05, 3.63) is 76.3 Å². The minimum Gasteiger partial charge on any atom is -0.372 e. The number of nitro groups is 1. The Morgan fingerprint density at radius 2 is 1.77 bits per heavy atom. The number of benzene rings is 2. The Morgan fingerprint density at radius 1 is 1.00 bits per heavy atom. The minimum absolute atomic E-state index is 0.0914. The zero-order valence-electron chi connectivity index (χ0n) is 16.9. The minimum atomic E-state index is -0.507. The molecule has 0 atom stereocenters. The molecule has 1 aliphatic heterocycles. The largest absolute Gasteiger partial charge is 0.372 e. The molecule has 0 saturated carbocycles. The second-order valence-electron chi connectivity index (χ2n) is 7.37. The van der Waals surface area contributed by atoms with E-state index in [1.165, 1.54) is 54.9 Å². The van der Waals surface area contributed by atoms with Gasteiger partial charge in [-0.1, -0.05) is 36.0 Å². The summed E-state index contributed by atoms with van der Waals surface area (Å²) in [4.78, 5) is 25.1. The number of carbonyl (C=O) groups is 1. The lowest BCUT2D eigenvalue weighted by Gasteiger charge is -2.28. The van der Waals surface area contributed by atoms with Crippen molar-refractivity contribution in [3.8, 4) is 11.3 Å². The number of anilines is 1. The van der Waals surface area contributed by atoms with Gasteiger partial charge >= 0.3 is 0 Å². The Labute approximate surface area is 184 Å². The molecule has 0 radical (unpaired) electrons. The van der Waals surface area contributed by atoms with Crippen LogP contribution in [-0.2, 0) is 0 Å². The fraction of sp³-hybridized carbons (Fsp3) is 0.261. The van der Waals surface area contributed by atoms with Gasteiger partial charge in [0.1, 0.15) is 5.03 Å². The van der Waals surface area contributed by atoms with E-state index in [4.69, 9.17) is 0 Å². The van der Waals surface area contributed by atoms with Crippen molar-refractivity contribution in [2.75, 3.05) is 23.7 Å². The van der Waals surface area contributed by atoms with Crippen LogP contribution < -0.4 is 4.90 Å². The van der Waals surface area contributed by atoms with Crippen LogP contribution in [0.5, 0.6) is 0 Å². The predicted molar refractivity (Wildman–Crippen MR) is 122 cm³/mol. The summed E-state index contributed by atoms with van der Waals surface area (Å²) in [7, 11) is 0. The molecule has 1 aliphatic rings. The Hall–Kier alpha value is -3.26. The third kappa shape index (κ3) is 5.27. The molecule has 0 N–H and O–H groups in total. The molecule has 158 valence electrons. The molecule has 0 aliphatic carbocycles. The predicted octanol–water partition coefficient (Wildman–Crippen LogP) is 5.02. The fourth-order valence-electron chi connectivity index (χ4n) is 3.56. The fourth-order valence-corrected chi connectivity index (χ4v) is 4.27. The highest BCUT2D eigenvalue weighted by atomic mass is 32.2. The molecular weight excluding hydrogens is 412 g/mol. The smallest absolute Gasteiger partial charge is 0.270 e. The number of Topliss-reactive ketones (excluding diaryl/α,β-unsaturated/α-hetero) is 1. The summed E-state index contributed by atoms with van der Waals surface area (Å²) in [5.41, 5.74) is 3.24. The summed E-state index contributed by atoms with van der Waals surface area (Å²) in [5, 5.41) is 20.0. The van der Waals surface area contributed by atoms with Gasteiger partial charge in [0.15, 0.2) is 5.78 Å². The van der Waals surface area contributed by atoms with E-state index < -0.39 is 4.92 Å². The molecule has 31 heavy (non-hydrogen) atoms. The third-order valence-corrected chi connectivity index (χ3v) is 6.17. The summed E-state index contributed by atoms with van der Waals surface area (Å²) < 4.78 is 0. The molecule has 2 heterocycles. The number of aromatic nitrogens is 2. The first-order chi connectivity index (χ1) is 15.1. The second kappa shape index (κ2) is 9.70. The summed E-state index contributed by atoms with van der Waals surface area (Å²) in [5.74, 6) is -0.0485. The molecule has 4 rings (SSSR count). The Bertz CT molecular complexity index is 1060. The Morgan fingerprint density at radius 3 is 2.45 bits per heavy atom. The van der Waals surface area contributed by atoms with Crippen molar-refractivity contribution in [2.45, 2.75) is 24.3 Å². The van der Waals surface area contributed by atoms with Gasteiger partial charge in [0.05, 0.1) is 16.4 Å². The van der Waals surface area contributed by atoms with Gasteiger partial charge in [-0.25, -0.2) is 0 Å². The number of non-ortho nitro benzene ring substituents is 1. The number of thioether (sulfide) groups is 1. The lowest BCUT2D eigenvalue weighted by Crippen LogP contribution is -2.29. The van der Waals surface area contributed by atoms with Gasteiger partial charge in [-0.3, -0.25) is 14.9 Å². The van der Waals surface area contributed by atoms with E-state index in [2.05, 4.69) is 39.4 Å². The van der Waals surface area contributed by atoms with E-state index in [0.29, 0.717) is 10.6 Å². The maximum atomic E-state index is 12.3. The van der Waals surface area contributed by atoms with E-state index in [1.54, 1.807) is 6.07 Å². The van der Waals surface area contributed by atoms with Gasteiger partial charge in [0.25, 0.3) is 5.69 Å². The highest BCUT2D eigenvalue weighted by Crippen LogP contribution is 2.25. The average Bonchev–Trinajstić information content (AvgIpc) is 2.83. The highest BCUT2D eigenvalue weighted by molar-refractivity contribution is 7.99. The van der Waals surface area contributed by atoms with Crippen LogP contribution in [0.3, 0.4) is 0 Å². The summed E-state index contributed by atoms with van der Waals surface area (Å²) in [6.07, 6.45) is 3.80. The first-order valence-electron chi connectivity index (χ1n) is 10.2. The van der Waals surface area contributed by atoms with Crippen molar-refractivity contribution in [1.82, 2.24) is 10.2 Å². The molecule has 7 nitrogen and oxygen atoms in total. The second-order valence-corrected chi connectivity index (χ2v) is 8.37. The summed E-state index contributed by atoms with van der Waals surface area (Å²) >= 11 is 1.26. The van der Waals surface area contributed by atoms with Gasteiger partial charge in [0.2, 0.25) is 0 Å². The van der Waals surface area contributed by atoms with Gasteiger partial charge in [-0.15, -0.1) is 10.2 Å². The lowest BCUT2D eigenvalue weighted by molar-refractivity contribution is -0.384. The first-order valence-corrected chi connectivity index (χ1v) is 11.2. The molecular formula is C23H22N4O3S. The molecule has 1 aromatic heterocycles. The molecule has 1 saturated heterocycles. The molecule has 0 bridgehead atoms. The molecule has 1 fully saturated rings. The molecule has 2 aromatic carbocycles. The van der Waals surface area contributed by atoms with Crippen LogP contribution in [0.15, 0.2) is 65.7 Å². The van der Waals surface area contributed by atoms with E-state index in [1.807, 2.05) is 12.1 Å². The zero-order valence-corrected chi connectivity index (χ0v) is 17.8. The number of rotatable bonds is 7. The van der Waals surface area contributed by atoms with E-state index in [9.17, 15) is 14.9 Å². The quantitative estimate of drug-likeness (QED) is 0.223.